The normalized spacial score (nSPS) is 25.5. The number of aliphatic hydroxyl groups is 1. The minimum absolute atomic E-state index is 0.472. The summed E-state index contributed by atoms with van der Waals surface area (Å²) in [5.74, 6) is 0.386. The predicted octanol–water partition coefficient (Wildman–Crippen LogP) is 4.67. The van der Waals surface area contributed by atoms with Gasteiger partial charge >= 0.3 is 5.97 Å². The van der Waals surface area contributed by atoms with Gasteiger partial charge in [0.15, 0.2) is 0 Å². The standard InChI is InChI=1S/C30H32NO4/c32-28(30(33)26-13-6-4-11-24(26)25-12-5-7-14-27(25)30)35-29-15-19-31(20-16-29,21-17-29)18-8-22-34-23-9-2-1-3-10-23/h1-7,9-14,33H,8,15-22H2/q+1. The summed E-state index contributed by atoms with van der Waals surface area (Å²) in [5.41, 5.74) is 0.828. The van der Waals surface area contributed by atoms with Crippen LogP contribution >= 0.6 is 0 Å². The van der Waals surface area contributed by atoms with Gasteiger partial charge in [0.1, 0.15) is 11.4 Å². The number of fused-ring (bicyclic) bond motifs is 6. The van der Waals surface area contributed by atoms with Crippen LogP contribution in [0.4, 0.5) is 0 Å². The van der Waals surface area contributed by atoms with Gasteiger partial charge in [-0.05, 0) is 23.3 Å². The lowest BCUT2D eigenvalue weighted by molar-refractivity contribution is -0.944. The number of nitrogens with zero attached hydrogens (tertiary/aromatic N) is 1. The van der Waals surface area contributed by atoms with Crippen molar-refractivity contribution >= 4 is 5.97 Å². The first-order valence-electron chi connectivity index (χ1n) is 12.7. The molecule has 2 bridgehead atoms. The molecule has 180 valence electrons. The molecule has 7 rings (SSSR count). The minimum atomic E-state index is -1.75. The number of carbonyl (C=O) groups is 1. The smallest absolute Gasteiger partial charge is 0.348 e. The third kappa shape index (κ3) is 3.74. The lowest BCUT2D eigenvalue weighted by Crippen LogP contribution is -2.66. The molecule has 4 aliphatic rings. The van der Waals surface area contributed by atoms with E-state index in [0.717, 1.165) is 79.8 Å². The van der Waals surface area contributed by atoms with Crippen molar-refractivity contribution < 1.29 is 23.9 Å². The van der Waals surface area contributed by atoms with Crippen molar-refractivity contribution in [1.29, 1.82) is 0 Å². The minimum Gasteiger partial charge on any atom is -0.493 e. The summed E-state index contributed by atoms with van der Waals surface area (Å²) in [6, 6.07) is 25.2. The number of esters is 1. The van der Waals surface area contributed by atoms with Gasteiger partial charge in [-0.15, -0.1) is 0 Å². The van der Waals surface area contributed by atoms with Crippen molar-refractivity contribution in [3.05, 3.63) is 90.0 Å². The zero-order valence-electron chi connectivity index (χ0n) is 20.0. The van der Waals surface area contributed by atoms with Crippen LogP contribution in [0.5, 0.6) is 5.75 Å². The fourth-order valence-electron chi connectivity index (χ4n) is 6.33. The average molecular weight is 471 g/mol. The Bertz CT molecular complexity index is 1170. The molecule has 0 radical (unpaired) electrons. The molecular weight excluding hydrogens is 438 g/mol. The van der Waals surface area contributed by atoms with E-state index in [9.17, 15) is 9.90 Å². The molecule has 5 heteroatoms. The van der Waals surface area contributed by atoms with E-state index < -0.39 is 17.2 Å². The zero-order chi connectivity index (χ0) is 23.9. The average Bonchev–Trinajstić information content (AvgIpc) is 3.18. The Morgan fingerprint density at radius 3 is 1.94 bits per heavy atom. The number of ether oxygens (including phenoxy) is 2. The molecule has 1 aliphatic carbocycles. The molecule has 0 saturated carbocycles. The molecule has 0 aromatic heterocycles. The number of para-hydroxylation sites is 1. The maximum atomic E-state index is 13.7. The number of hydrogen-bond donors (Lipinski definition) is 1. The third-order valence-corrected chi connectivity index (χ3v) is 8.44. The van der Waals surface area contributed by atoms with Gasteiger partial charge in [-0.1, -0.05) is 66.7 Å². The van der Waals surface area contributed by atoms with Crippen LogP contribution in [-0.2, 0) is 15.1 Å². The Morgan fingerprint density at radius 2 is 1.34 bits per heavy atom. The fourth-order valence-corrected chi connectivity index (χ4v) is 6.33. The summed E-state index contributed by atoms with van der Waals surface area (Å²) in [6.07, 6.45) is 3.54. The highest BCUT2D eigenvalue weighted by molar-refractivity contribution is 5.96. The molecule has 1 N–H and O–H groups in total. The van der Waals surface area contributed by atoms with E-state index in [1.165, 1.54) is 0 Å². The molecule has 0 unspecified atom stereocenters. The maximum Gasteiger partial charge on any atom is 0.348 e. The monoisotopic (exact) mass is 470 g/mol. The molecule has 5 nitrogen and oxygen atoms in total. The lowest BCUT2D eigenvalue weighted by atomic mass is 9.80. The molecule has 3 saturated heterocycles. The van der Waals surface area contributed by atoms with E-state index in [-0.39, 0.29) is 0 Å². The quantitative estimate of drug-likeness (QED) is 0.310. The molecule has 0 spiro atoms. The van der Waals surface area contributed by atoms with Crippen LogP contribution in [0.15, 0.2) is 78.9 Å². The molecule has 35 heavy (non-hydrogen) atoms. The topological polar surface area (TPSA) is 55.8 Å². The summed E-state index contributed by atoms with van der Waals surface area (Å²) < 4.78 is 13.2. The second-order valence-corrected chi connectivity index (χ2v) is 10.4. The van der Waals surface area contributed by atoms with Crippen LogP contribution in [0.25, 0.3) is 11.1 Å². The number of piperidine rings is 3. The van der Waals surface area contributed by atoms with Crippen LogP contribution in [0, 0.1) is 0 Å². The molecular formula is C30H32NO4+. The van der Waals surface area contributed by atoms with Crippen LogP contribution in [-0.4, -0.2) is 53.9 Å². The molecule has 3 aromatic carbocycles. The number of carbonyl (C=O) groups excluding carboxylic acids is 1. The summed E-state index contributed by atoms with van der Waals surface area (Å²) in [4.78, 5) is 13.7. The first-order valence-corrected chi connectivity index (χ1v) is 12.7. The van der Waals surface area contributed by atoms with Crippen molar-refractivity contribution in [3.63, 3.8) is 0 Å². The lowest BCUT2D eigenvalue weighted by Gasteiger charge is -2.54. The van der Waals surface area contributed by atoms with Crippen molar-refractivity contribution in [3.8, 4) is 16.9 Å². The van der Waals surface area contributed by atoms with Crippen LogP contribution in [0.1, 0.15) is 36.8 Å². The van der Waals surface area contributed by atoms with Gasteiger partial charge in [0.2, 0.25) is 5.60 Å². The molecule has 3 heterocycles. The van der Waals surface area contributed by atoms with E-state index in [4.69, 9.17) is 9.47 Å². The van der Waals surface area contributed by atoms with Gasteiger partial charge in [-0.2, -0.15) is 0 Å². The predicted molar refractivity (Wildman–Crippen MR) is 134 cm³/mol. The maximum absolute atomic E-state index is 13.7. The Labute approximate surface area is 206 Å². The van der Waals surface area contributed by atoms with Gasteiger partial charge in [-0.3, -0.25) is 0 Å². The van der Waals surface area contributed by atoms with Gasteiger partial charge in [0, 0.05) is 36.8 Å². The van der Waals surface area contributed by atoms with Gasteiger partial charge in [0.25, 0.3) is 0 Å². The number of rotatable bonds is 7. The van der Waals surface area contributed by atoms with Gasteiger partial charge in [-0.25, -0.2) is 4.79 Å². The number of benzene rings is 3. The first kappa shape index (κ1) is 22.3. The van der Waals surface area contributed by atoms with Crippen molar-refractivity contribution in [1.82, 2.24) is 0 Å². The molecule has 3 aliphatic heterocycles. The second kappa shape index (κ2) is 8.51. The van der Waals surface area contributed by atoms with E-state index in [0.29, 0.717) is 11.1 Å². The fraction of sp³-hybridized carbons (Fsp3) is 0.367. The summed E-state index contributed by atoms with van der Waals surface area (Å²) in [6.45, 7) is 4.82. The second-order valence-electron chi connectivity index (χ2n) is 10.4. The molecule has 0 atom stereocenters. The van der Waals surface area contributed by atoms with Gasteiger partial charge < -0.3 is 19.1 Å². The van der Waals surface area contributed by atoms with E-state index >= 15 is 0 Å². The Hall–Kier alpha value is -3.15. The molecule has 3 aromatic rings. The van der Waals surface area contributed by atoms with Gasteiger partial charge in [0.05, 0.1) is 32.8 Å². The van der Waals surface area contributed by atoms with E-state index in [1.807, 2.05) is 78.9 Å². The zero-order valence-corrected chi connectivity index (χ0v) is 20.0. The van der Waals surface area contributed by atoms with Crippen molar-refractivity contribution in [2.24, 2.45) is 0 Å². The number of quaternary nitrogens is 1. The Balaban J connectivity index is 1.12. The third-order valence-electron chi connectivity index (χ3n) is 8.44. The van der Waals surface area contributed by atoms with E-state index in [1.54, 1.807) is 0 Å². The molecule has 0 amide bonds. The summed E-state index contributed by atoms with van der Waals surface area (Å²) in [7, 11) is 0. The van der Waals surface area contributed by atoms with Crippen LogP contribution < -0.4 is 4.74 Å². The molecule has 3 fully saturated rings. The Morgan fingerprint density at radius 1 is 0.800 bits per heavy atom. The highest BCUT2D eigenvalue weighted by atomic mass is 16.6. The van der Waals surface area contributed by atoms with Crippen molar-refractivity contribution in [2.75, 3.05) is 32.8 Å². The highest BCUT2D eigenvalue weighted by Crippen LogP contribution is 2.49. The first-order chi connectivity index (χ1) is 17.0. The summed E-state index contributed by atoms with van der Waals surface area (Å²) >= 11 is 0. The Kier molecular flexibility index (Phi) is 5.42. The van der Waals surface area contributed by atoms with Crippen molar-refractivity contribution in [2.45, 2.75) is 36.9 Å². The SMILES string of the molecule is O=C(OC12CC[N+](CCCOc3ccccc3)(CC1)CC2)C1(O)c2ccccc2-c2ccccc21. The highest BCUT2D eigenvalue weighted by Gasteiger charge is 2.55. The number of hydrogen-bond acceptors (Lipinski definition) is 4. The van der Waals surface area contributed by atoms with Crippen LogP contribution in [0.3, 0.4) is 0 Å². The van der Waals surface area contributed by atoms with Crippen LogP contribution in [0.2, 0.25) is 0 Å². The largest absolute Gasteiger partial charge is 0.493 e. The summed E-state index contributed by atoms with van der Waals surface area (Å²) in [5, 5.41) is 11.8. The van der Waals surface area contributed by atoms with E-state index in [2.05, 4.69) is 0 Å².